The maximum absolute atomic E-state index is 4.75. The van der Waals surface area contributed by atoms with Crippen molar-refractivity contribution in [3.8, 4) is 11.3 Å². The Morgan fingerprint density at radius 2 is 1.86 bits per heavy atom. The fourth-order valence-electron chi connectivity index (χ4n) is 3.91. The zero-order valence-corrected chi connectivity index (χ0v) is 13.1. The fourth-order valence-corrected chi connectivity index (χ4v) is 3.91. The van der Waals surface area contributed by atoms with Gasteiger partial charge in [0.25, 0.3) is 0 Å². The Kier molecular flexibility index (Phi) is 3.68. The standard InChI is InChI=1S/C19H23N3/c1-14-11-17(12-19(21-14)16-5-3-2-4-6-16)18-13-20-22-9-7-15(18)8-10-22/h2-6,11-12,15,18,20H,7-10,13H2,1H3. The van der Waals surface area contributed by atoms with E-state index in [2.05, 4.69) is 59.8 Å². The molecular formula is C19H23N3. The second-order valence-electron chi connectivity index (χ2n) is 6.59. The lowest BCUT2D eigenvalue weighted by Gasteiger charge is -2.28. The third kappa shape index (κ3) is 2.67. The molecule has 1 N–H and O–H groups in total. The summed E-state index contributed by atoms with van der Waals surface area (Å²) < 4.78 is 0. The Morgan fingerprint density at radius 1 is 1.09 bits per heavy atom. The zero-order valence-electron chi connectivity index (χ0n) is 13.1. The molecule has 3 fully saturated rings. The van der Waals surface area contributed by atoms with Gasteiger partial charge in [-0.15, -0.1) is 0 Å². The van der Waals surface area contributed by atoms with Crippen LogP contribution in [0, 0.1) is 12.8 Å². The average molecular weight is 293 g/mol. The van der Waals surface area contributed by atoms with Crippen LogP contribution in [0.3, 0.4) is 0 Å². The van der Waals surface area contributed by atoms with E-state index in [1.165, 1.54) is 37.1 Å². The van der Waals surface area contributed by atoms with Crippen molar-refractivity contribution in [1.29, 1.82) is 0 Å². The van der Waals surface area contributed by atoms with Gasteiger partial charge in [0.1, 0.15) is 0 Å². The predicted octanol–water partition coefficient (Wildman–Crippen LogP) is 3.37. The first-order valence-corrected chi connectivity index (χ1v) is 8.32. The van der Waals surface area contributed by atoms with Crippen molar-refractivity contribution in [2.45, 2.75) is 25.7 Å². The van der Waals surface area contributed by atoms with Gasteiger partial charge >= 0.3 is 0 Å². The molecule has 1 aromatic carbocycles. The number of benzene rings is 1. The van der Waals surface area contributed by atoms with Gasteiger partial charge in [0.2, 0.25) is 0 Å². The molecule has 3 heteroatoms. The number of nitrogens with zero attached hydrogens (tertiary/aromatic N) is 2. The number of hydrogen-bond acceptors (Lipinski definition) is 3. The normalized spacial score (nSPS) is 27.6. The van der Waals surface area contributed by atoms with E-state index in [0.29, 0.717) is 5.92 Å². The van der Waals surface area contributed by atoms with Gasteiger partial charge in [-0.05, 0) is 43.4 Å². The van der Waals surface area contributed by atoms with E-state index in [4.69, 9.17) is 4.98 Å². The molecule has 3 nitrogen and oxygen atoms in total. The maximum Gasteiger partial charge on any atom is 0.0708 e. The molecule has 0 aliphatic carbocycles. The number of hydrogen-bond donors (Lipinski definition) is 1. The van der Waals surface area contributed by atoms with Gasteiger partial charge in [-0.3, -0.25) is 10.4 Å². The third-order valence-corrected chi connectivity index (χ3v) is 5.12. The highest BCUT2D eigenvalue weighted by molar-refractivity contribution is 5.60. The summed E-state index contributed by atoms with van der Waals surface area (Å²) in [5, 5.41) is 2.39. The molecule has 0 spiro atoms. The molecule has 1 aromatic heterocycles. The molecule has 3 saturated heterocycles. The quantitative estimate of drug-likeness (QED) is 0.920. The van der Waals surface area contributed by atoms with E-state index in [-0.39, 0.29) is 0 Å². The number of aryl methyl sites for hydroxylation is 1. The number of pyridine rings is 1. The minimum atomic E-state index is 0.608. The summed E-state index contributed by atoms with van der Waals surface area (Å²) >= 11 is 0. The van der Waals surface area contributed by atoms with Crippen molar-refractivity contribution >= 4 is 0 Å². The van der Waals surface area contributed by atoms with E-state index in [1.807, 2.05) is 0 Å². The molecule has 1 unspecified atom stereocenters. The molecule has 3 aliphatic heterocycles. The van der Waals surface area contributed by atoms with E-state index >= 15 is 0 Å². The van der Waals surface area contributed by atoms with Crippen LogP contribution in [0.15, 0.2) is 42.5 Å². The Balaban J connectivity index is 1.71. The van der Waals surface area contributed by atoms with Crippen molar-refractivity contribution in [1.82, 2.24) is 15.4 Å². The van der Waals surface area contributed by atoms with Gasteiger partial charge in [0, 0.05) is 36.8 Å². The van der Waals surface area contributed by atoms with Crippen LogP contribution in [0.1, 0.15) is 30.0 Å². The molecule has 2 aromatic rings. The predicted molar refractivity (Wildman–Crippen MR) is 89.5 cm³/mol. The molecule has 2 bridgehead atoms. The van der Waals surface area contributed by atoms with Crippen molar-refractivity contribution in [2.75, 3.05) is 19.6 Å². The minimum absolute atomic E-state index is 0.608. The van der Waals surface area contributed by atoms with Gasteiger partial charge in [-0.1, -0.05) is 30.3 Å². The number of piperidine rings is 1. The van der Waals surface area contributed by atoms with E-state index in [1.54, 1.807) is 0 Å². The van der Waals surface area contributed by atoms with Crippen LogP contribution in [-0.2, 0) is 0 Å². The molecule has 4 heterocycles. The van der Waals surface area contributed by atoms with Crippen molar-refractivity contribution < 1.29 is 0 Å². The number of nitrogens with one attached hydrogen (secondary N) is 1. The van der Waals surface area contributed by atoms with Crippen molar-refractivity contribution in [3.05, 3.63) is 53.7 Å². The molecule has 0 amide bonds. The van der Waals surface area contributed by atoms with Crippen LogP contribution in [0.2, 0.25) is 0 Å². The first-order chi connectivity index (χ1) is 10.8. The first-order valence-electron chi connectivity index (χ1n) is 8.32. The fraction of sp³-hybridized carbons (Fsp3) is 0.421. The van der Waals surface area contributed by atoms with Gasteiger partial charge in [-0.2, -0.15) is 0 Å². The van der Waals surface area contributed by atoms with Crippen LogP contribution in [0.4, 0.5) is 0 Å². The topological polar surface area (TPSA) is 28.2 Å². The van der Waals surface area contributed by atoms with E-state index < -0.39 is 0 Å². The highest BCUT2D eigenvalue weighted by Gasteiger charge is 2.32. The summed E-state index contributed by atoms with van der Waals surface area (Å²) in [6, 6.07) is 15.1. The summed E-state index contributed by atoms with van der Waals surface area (Å²) in [5.74, 6) is 1.41. The Hall–Kier alpha value is -1.71. The summed E-state index contributed by atoms with van der Waals surface area (Å²) in [6.45, 7) is 5.55. The van der Waals surface area contributed by atoms with Crippen molar-refractivity contribution in [3.63, 3.8) is 0 Å². The Morgan fingerprint density at radius 3 is 2.64 bits per heavy atom. The number of hydrazine groups is 1. The molecule has 22 heavy (non-hydrogen) atoms. The summed E-state index contributed by atoms with van der Waals surface area (Å²) in [6.07, 6.45) is 2.61. The summed E-state index contributed by atoms with van der Waals surface area (Å²) in [4.78, 5) is 4.75. The molecule has 3 aliphatic rings. The molecule has 0 saturated carbocycles. The maximum atomic E-state index is 4.75. The summed E-state index contributed by atoms with van der Waals surface area (Å²) in [7, 11) is 0. The van der Waals surface area contributed by atoms with E-state index in [0.717, 1.165) is 23.9 Å². The van der Waals surface area contributed by atoms with Crippen molar-refractivity contribution in [2.24, 2.45) is 5.92 Å². The van der Waals surface area contributed by atoms with Gasteiger partial charge in [0.05, 0.1) is 5.69 Å². The lowest BCUT2D eigenvalue weighted by atomic mass is 9.81. The number of aromatic nitrogens is 1. The summed E-state index contributed by atoms with van der Waals surface area (Å²) in [5.41, 5.74) is 8.50. The van der Waals surface area contributed by atoms with Gasteiger partial charge in [0.15, 0.2) is 0 Å². The number of rotatable bonds is 2. The second-order valence-corrected chi connectivity index (χ2v) is 6.59. The molecule has 114 valence electrons. The smallest absolute Gasteiger partial charge is 0.0708 e. The monoisotopic (exact) mass is 293 g/mol. The molecule has 0 radical (unpaired) electrons. The van der Waals surface area contributed by atoms with Crippen LogP contribution in [0.5, 0.6) is 0 Å². The molecular weight excluding hydrogens is 270 g/mol. The Labute approximate surface area is 132 Å². The average Bonchev–Trinajstić information content (AvgIpc) is 2.89. The minimum Gasteiger partial charge on any atom is -0.255 e. The van der Waals surface area contributed by atoms with Crippen LogP contribution < -0.4 is 5.43 Å². The van der Waals surface area contributed by atoms with Crippen LogP contribution in [0.25, 0.3) is 11.3 Å². The largest absolute Gasteiger partial charge is 0.255 e. The highest BCUT2D eigenvalue weighted by atomic mass is 15.5. The van der Waals surface area contributed by atoms with Crippen LogP contribution in [-0.4, -0.2) is 29.6 Å². The highest BCUT2D eigenvalue weighted by Crippen LogP contribution is 2.36. The van der Waals surface area contributed by atoms with E-state index in [9.17, 15) is 0 Å². The lowest BCUT2D eigenvalue weighted by Crippen LogP contribution is -2.39. The molecule has 5 rings (SSSR count). The van der Waals surface area contributed by atoms with Gasteiger partial charge < -0.3 is 0 Å². The zero-order chi connectivity index (χ0) is 14.9. The Bertz CT molecular complexity index is 645. The number of fused-ring (bicyclic) bond motifs is 4. The third-order valence-electron chi connectivity index (χ3n) is 5.12. The van der Waals surface area contributed by atoms with Crippen LogP contribution >= 0.6 is 0 Å². The lowest BCUT2D eigenvalue weighted by molar-refractivity contribution is 0.165. The van der Waals surface area contributed by atoms with Gasteiger partial charge in [-0.25, -0.2) is 5.01 Å². The second kappa shape index (κ2) is 5.82. The first kappa shape index (κ1) is 13.9. The SMILES string of the molecule is Cc1cc(C2CNN3CCC2CC3)cc(-c2ccccc2)n1. The molecule has 1 atom stereocenters.